The van der Waals surface area contributed by atoms with E-state index in [1.807, 2.05) is 0 Å². The van der Waals surface area contributed by atoms with Crippen LogP contribution in [0.1, 0.15) is 43.0 Å². The van der Waals surface area contributed by atoms with Crippen LogP contribution in [-0.2, 0) is 9.53 Å². The van der Waals surface area contributed by atoms with E-state index in [4.69, 9.17) is 16.3 Å². The molecule has 1 aromatic rings. The van der Waals surface area contributed by atoms with Gasteiger partial charge in [0.2, 0.25) is 5.91 Å². The summed E-state index contributed by atoms with van der Waals surface area (Å²) >= 11 is 5.88. The molecule has 2 heterocycles. The van der Waals surface area contributed by atoms with Crippen molar-refractivity contribution in [2.75, 3.05) is 32.8 Å². The molecular formula is C21H28ClN3O4. The Morgan fingerprint density at radius 1 is 1.00 bits per heavy atom. The van der Waals surface area contributed by atoms with Crippen LogP contribution in [0.5, 0.6) is 0 Å². The Kier molecular flexibility index (Phi) is 7.36. The van der Waals surface area contributed by atoms with Gasteiger partial charge < -0.3 is 19.9 Å². The smallest absolute Gasteiger partial charge is 0.409 e. The summed E-state index contributed by atoms with van der Waals surface area (Å²) in [4.78, 5) is 40.5. The average Bonchev–Trinajstić information content (AvgIpc) is 2.74. The molecule has 0 unspecified atom stereocenters. The molecule has 0 aliphatic carbocycles. The van der Waals surface area contributed by atoms with Gasteiger partial charge in [0, 0.05) is 48.7 Å². The molecule has 0 bridgehead atoms. The van der Waals surface area contributed by atoms with E-state index in [1.165, 1.54) is 0 Å². The van der Waals surface area contributed by atoms with E-state index in [2.05, 4.69) is 5.32 Å². The zero-order valence-corrected chi connectivity index (χ0v) is 17.5. The number of hydrogen-bond donors (Lipinski definition) is 1. The number of nitrogens with zero attached hydrogens (tertiary/aromatic N) is 2. The highest BCUT2D eigenvalue weighted by Gasteiger charge is 2.30. The van der Waals surface area contributed by atoms with Gasteiger partial charge in [0.1, 0.15) is 0 Å². The zero-order valence-electron chi connectivity index (χ0n) is 16.7. The van der Waals surface area contributed by atoms with Crippen molar-refractivity contribution in [3.05, 3.63) is 34.9 Å². The van der Waals surface area contributed by atoms with Crippen LogP contribution in [0.25, 0.3) is 0 Å². The van der Waals surface area contributed by atoms with Crippen molar-refractivity contribution < 1.29 is 19.1 Å². The Morgan fingerprint density at radius 3 is 2.17 bits per heavy atom. The molecular weight excluding hydrogens is 394 g/mol. The summed E-state index contributed by atoms with van der Waals surface area (Å²) < 4.78 is 5.02. The molecule has 1 aromatic carbocycles. The number of amides is 3. The molecule has 0 radical (unpaired) electrons. The Hall–Kier alpha value is -2.28. The zero-order chi connectivity index (χ0) is 20.8. The summed E-state index contributed by atoms with van der Waals surface area (Å²) in [7, 11) is 0. The lowest BCUT2D eigenvalue weighted by molar-refractivity contribution is -0.127. The highest BCUT2D eigenvalue weighted by atomic mass is 35.5. The molecule has 7 nitrogen and oxygen atoms in total. The third-order valence-corrected chi connectivity index (χ3v) is 5.86. The monoisotopic (exact) mass is 421 g/mol. The van der Waals surface area contributed by atoms with Crippen molar-refractivity contribution in [2.45, 2.75) is 38.6 Å². The maximum absolute atomic E-state index is 12.6. The minimum atomic E-state index is -0.282. The van der Waals surface area contributed by atoms with Crippen LogP contribution in [0.15, 0.2) is 24.3 Å². The van der Waals surface area contributed by atoms with E-state index in [-0.39, 0.29) is 29.9 Å². The van der Waals surface area contributed by atoms with Crippen molar-refractivity contribution in [1.82, 2.24) is 15.1 Å². The van der Waals surface area contributed by atoms with E-state index in [1.54, 1.807) is 41.0 Å². The largest absolute Gasteiger partial charge is 0.450 e. The van der Waals surface area contributed by atoms with Crippen LogP contribution in [0.3, 0.4) is 0 Å². The van der Waals surface area contributed by atoms with E-state index in [0.717, 1.165) is 12.8 Å². The second-order valence-electron chi connectivity index (χ2n) is 7.54. The first-order valence-electron chi connectivity index (χ1n) is 10.2. The van der Waals surface area contributed by atoms with E-state index >= 15 is 0 Å². The minimum Gasteiger partial charge on any atom is -0.450 e. The maximum atomic E-state index is 12.6. The number of likely N-dealkylation sites (tertiary alicyclic amines) is 2. The number of nitrogens with one attached hydrogen (secondary N) is 1. The van der Waals surface area contributed by atoms with Crippen molar-refractivity contribution >= 4 is 29.5 Å². The van der Waals surface area contributed by atoms with Gasteiger partial charge in [-0.3, -0.25) is 9.59 Å². The minimum absolute atomic E-state index is 0.0214. The van der Waals surface area contributed by atoms with E-state index in [0.29, 0.717) is 56.2 Å². The summed E-state index contributed by atoms with van der Waals surface area (Å²) in [5, 5.41) is 3.73. The third-order valence-electron chi connectivity index (χ3n) is 5.61. The van der Waals surface area contributed by atoms with Gasteiger partial charge in [-0.2, -0.15) is 0 Å². The number of halogens is 1. The highest BCUT2D eigenvalue weighted by molar-refractivity contribution is 6.30. The Morgan fingerprint density at radius 2 is 1.59 bits per heavy atom. The van der Waals surface area contributed by atoms with Crippen LogP contribution in [0.4, 0.5) is 4.79 Å². The predicted molar refractivity (Wildman–Crippen MR) is 110 cm³/mol. The topological polar surface area (TPSA) is 79.0 Å². The lowest BCUT2D eigenvalue weighted by Crippen LogP contribution is -2.49. The fourth-order valence-electron chi connectivity index (χ4n) is 3.86. The number of carbonyl (C=O) groups excluding carboxylic acids is 3. The second kappa shape index (κ2) is 9.96. The molecule has 2 aliphatic heterocycles. The molecule has 3 rings (SSSR count). The fraction of sp³-hybridized carbons (Fsp3) is 0.571. The summed E-state index contributed by atoms with van der Waals surface area (Å²) in [6.07, 6.45) is 2.51. The fourth-order valence-corrected chi connectivity index (χ4v) is 3.99. The Labute approximate surface area is 176 Å². The SMILES string of the molecule is CCOC(=O)N1CCC(NC(=O)C2CCN(C(=O)c3ccc(Cl)cc3)CC2)CC1. The highest BCUT2D eigenvalue weighted by Crippen LogP contribution is 2.21. The molecule has 0 saturated carbocycles. The standard InChI is InChI=1S/C21H28ClN3O4/c1-2-29-21(28)25-13-9-18(10-14-25)23-19(26)15-7-11-24(12-8-15)20(27)16-3-5-17(22)6-4-16/h3-6,15,18H,2,7-14H2,1H3,(H,23,26). The van der Waals surface area contributed by atoms with Crippen molar-refractivity contribution in [3.8, 4) is 0 Å². The lowest BCUT2D eigenvalue weighted by Gasteiger charge is -2.34. The maximum Gasteiger partial charge on any atom is 0.409 e. The van der Waals surface area contributed by atoms with Gasteiger partial charge in [-0.15, -0.1) is 0 Å². The van der Waals surface area contributed by atoms with Crippen molar-refractivity contribution in [1.29, 1.82) is 0 Å². The number of piperidine rings is 2. The first-order chi connectivity index (χ1) is 14.0. The Bertz CT molecular complexity index is 724. The quantitative estimate of drug-likeness (QED) is 0.810. The molecule has 2 fully saturated rings. The number of hydrogen-bond acceptors (Lipinski definition) is 4. The summed E-state index contributed by atoms with van der Waals surface area (Å²) in [5.41, 5.74) is 0.616. The molecule has 2 aliphatic rings. The second-order valence-corrected chi connectivity index (χ2v) is 7.98. The van der Waals surface area contributed by atoms with Crippen LogP contribution in [-0.4, -0.2) is 66.5 Å². The molecule has 8 heteroatoms. The van der Waals surface area contributed by atoms with Crippen LogP contribution < -0.4 is 5.32 Å². The van der Waals surface area contributed by atoms with Gasteiger partial charge in [-0.25, -0.2) is 4.79 Å². The summed E-state index contributed by atoms with van der Waals surface area (Å²) in [6.45, 7) is 4.49. The first-order valence-corrected chi connectivity index (χ1v) is 10.6. The molecule has 29 heavy (non-hydrogen) atoms. The molecule has 0 spiro atoms. The van der Waals surface area contributed by atoms with Gasteiger partial charge in [-0.1, -0.05) is 11.6 Å². The number of benzene rings is 1. The van der Waals surface area contributed by atoms with Gasteiger partial charge in [-0.05, 0) is 56.9 Å². The van der Waals surface area contributed by atoms with Gasteiger partial charge in [0.25, 0.3) is 5.91 Å². The van der Waals surface area contributed by atoms with Crippen molar-refractivity contribution in [3.63, 3.8) is 0 Å². The normalized spacial score (nSPS) is 18.4. The number of ether oxygens (including phenoxy) is 1. The predicted octanol–water partition coefficient (Wildman–Crippen LogP) is 2.93. The van der Waals surface area contributed by atoms with Crippen molar-refractivity contribution in [2.24, 2.45) is 5.92 Å². The molecule has 3 amide bonds. The van der Waals surface area contributed by atoms with Crippen LogP contribution in [0, 0.1) is 5.92 Å². The molecule has 1 N–H and O–H groups in total. The van der Waals surface area contributed by atoms with Gasteiger partial charge >= 0.3 is 6.09 Å². The molecule has 0 atom stereocenters. The first kappa shape index (κ1) is 21.4. The molecule has 2 saturated heterocycles. The van der Waals surface area contributed by atoms with Gasteiger partial charge in [0.05, 0.1) is 6.61 Å². The van der Waals surface area contributed by atoms with Crippen LogP contribution >= 0.6 is 11.6 Å². The van der Waals surface area contributed by atoms with E-state index < -0.39 is 0 Å². The average molecular weight is 422 g/mol. The molecule has 0 aromatic heterocycles. The van der Waals surface area contributed by atoms with E-state index in [9.17, 15) is 14.4 Å². The number of rotatable bonds is 4. The third kappa shape index (κ3) is 5.63. The lowest BCUT2D eigenvalue weighted by atomic mass is 9.94. The van der Waals surface area contributed by atoms with Crippen LogP contribution in [0.2, 0.25) is 5.02 Å². The summed E-state index contributed by atoms with van der Waals surface area (Å²) in [5.74, 6) is -0.0441. The summed E-state index contributed by atoms with van der Waals surface area (Å²) in [6, 6.07) is 6.96. The number of carbonyl (C=O) groups is 3. The Balaban J connectivity index is 1.42. The van der Waals surface area contributed by atoms with Gasteiger partial charge in [0.15, 0.2) is 0 Å². The molecule has 158 valence electrons.